The van der Waals surface area contributed by atoms with Crippen LogP contribution in [0.2, 0.25) is 0 Å². The van der Waals surface area contributed by atoms with Gasteiger partial charge in [-0.1, -0.05) is 0 Å². The predicted octanol–water partition coefficient (Wildman–Crippen LogP) is 1.27. The lowest BCUT2D eigenvalue weighted by molar-refractivity contribution is -0.151. The number of hydrogen-bond donors (Lipinski definition) is 2. The molecule has 1 saturated heterocycles. The number of hydrogen-bond acceptors (Lipinski definition) is 5. The molecule has 0 aliphatic carbocycles. The number of likely N-dealkylation sites (tertiary alicyclic amines) is 1. The Hall–Kier alpha value is -1.63. The zero-order valence-corrected chi connectivity index (χ0v) is 14.8. The second kappa shape index (κ2) is 8.29. The van der Waals surface area contributed by atoms with Gasteiger partial charge in [-0.3, -0.25) is 19.8 Å². The van der Waals surface area contributed by atoms with Crippen molar-refractivity contribution in [2.75, 3.05) is 19.7 Å². The standard InChI is InChI=1S/C16H29N3O4/c1-6-23-14(21)12-8-7-9-19(10-12)11(2)13(20)17-15(22)18-16(3,4)5/h11-12H,6-10H2,1-5H3,(H2,17,18,20,22). The average Bonchev–Trinajstić information content (AvgIpc) is 2.44. The summed E-state index contributed by atoms with van der Waals surface area (Å²) in [5.74, 6) is -0.783. The van der Waals surface area contributed by atoms with Crippen LogP contribution in [0.1, 0.15) is 47.5 Å². The number of piperidine rings is 1. The van der Waals surface area contributed by atoms with Crippen molar-refractivity contribution in [3.63, 3.8) is 0 Å². The molecule has 0 saturated carbocycles. The molecule has 7 nitrogen and oxygen atoms in total. The van der Waals surface area contributed by atoms with E-state index in [0.717, 1.165) is 19.4 Å². The summed E-state index contributed by atoms with van der Waals surface area (Å²) >= 11 is 0. The van der Waals surface area contributed by atoms with Crippen LogP contribution in [0.3, 0.4) is 0 Å². The van der Waals surface area contributed by atoms with Crippen molar-refractivity contribution >= 4 is 17.9 Å². The Bertz CT molecular complexity index is 445. The first kappa shape index (κ1) is 19.4. The molecule has 0 aromatic rings. The summed E-state index contributed by atoms with van der Waals surface area (Å²) in [6, 6.07) is -0.980. The van der Waals surface area contributed by atoms with E-state index in [9.17, 15) is 14.4 Å². The molecule has 1 heterocycles. The molecule has 7 heteroatoms. The molecule has 0 bridgehead atoms. The number of rotatable bonds is 4. The number of ether oxygens (including phenoxy) is 1. The molecule has 0 aromatic heterocycles. The molecular formula is C16H29N3O4. The smallest absolute Gasteiger partial charge is 0.321 e. The molecule has 132 valence electrons. The molecule has 1 rings (SSSR count). The zero-order chi connectivity index (χ0) is 17.6. The minimum absolute atomic E-state index is 0.206. The van der Waals surface area contributed by atoms with Crippen molar-refractivity contribution in [2.45, 2.75) is 59.0 Å². The van der Waals surface area contributed by atoms with Crippen LogP contribution < -0.4 is 10.6 Å². The summed E-state index contributed by atoms with van der Waals surface area (Å²) < 4.78 is 5.06. The number of carbonyl (C=O) groups is 3. The zero-order valence-electron chi connectivity index (χ0n) is 14.8. The maximum absolute atomic E-state index is 12.2. The molecular weight excluding hydrogens is 298 g/mol. The Labute approximate surface area is 138 Å². The van der Waals surface area contributed by atoms with Gasteiger partial charge in [-0.25, -0.2) is 4.79 Å². The van der Waals surface area contributed by atoms with E-state index in [1.54, 1.807) is 13.8 Å². The van der Waals surface area contributed by atoms with E-state index in [0.29, 0.717) is 13.2 Å². The quantitative estimate of drug-likeness (QED) is 0.759. The fraction of sp³-hybridized carbons (Fsp3) is 0.812. The summed E-state index contributed by atoms with van der Waals surface area (Å²) in [6.07, 6.45) is 1.60. The minimum atomic E-state index is -0.506. The van der Waals surface area contributed by atoms with E-state index < -0.39 is 17.6 Å². The van der Waals surface area contributed by atoms with Crippen LogP contribution in [0.4, 0.5) is 4.79 Å². The molecule has 1 aliphatic rings. The molecule has 23 heavy (non-hydrogen) atoms. The van der Waals surface area contributed by atoms with Crippen LogP contribution in [0.15, 0.2) is 0 Å². The Kier molecular flexibility index (Phi) is 7.00. The van der Waals surface area contributed by atoms with Gasteiger partial charge in [0.2, 0.25) is 5.91 Å². The fourth-order valence-corrected chi connectivity index (χ4v) is 2.56. The number of imide groups is 1. The summed E-state index contributed by atoms with van der Waals surface area (Å²) in [6.45, 7) is 10.6. The molecule has 0 aromatic carbocycles. The van der Waals surface area contributed by atoms with E-state index in [1.807, 2.05) is 25.7 Å². The van der Waals surface area contributed by atoms with Crippen molar-refractivity contribution in [2.24, 2.45) is 5.92 Å². The van der Waals surface area contributed by atoms with Gasteiger partial charge in [0.1, 0.15) is 0 Å². The summed E-state index contributed by atoms with van der Waals surface area (Å²) in [5.41, 5.74) is -0.409. The normalized spacial score (nSPS) is 20.5. The first-order chi connectivity index (χ1) is 10.6. The van der Waals surface area contributed by atoms with E-state index in [-0.39, 0.29) is 17.8 Å². The highest BCUT2D eigenvalue weighted by atomic mass is 16.5. The van der Waals surface area contributed by atoms with Crippen LogP contribution >= 0.6 is 0 Å². The van der Waals surface area contributed by atoms with Crippen molar-refractivity contribution in [1.82, 2.24) is 15.5 Å². The van der Waals surface area contributed by atoms with Gasteiger partial charge in [-0.05, 0) is 54.0 Å². The largest absolute Gasteiger partial charge is 0.466 e. The lowest BCUT2D eigenvalue weighted by Gasteiger charge is -2.35. The van der Waals surface area contributed by atoms with Crippen LogP contribution in [-0.2, 0) is 14.3 Å². The molecule has 1 aliphatic heterocycles. The SMILES string of the molecule is CCOC(=O)C1CCCN(C(C)C(=O)NC(=O)NC(C)(C)C)C1. The summed E-state index contributed by atoms with van der Waals surface area (Å²) in [5, 5.41) is 5.04. The second-order valence-corrected chi connectivity index (χ2v) is 6.96. The van der Waals surface area contributed by atoms with Crippen molar-refractivity contribution in [1.29, 1.82) is 0 Å². The third kappa shape index (κ3) is 6.56. The van der Waals surface area contributed by atoms with Gasteiger partial charge in [0, 0.05) is 12.1 Å². The topological polar surface area (TPSA) is 87.7 Å². The first-order valence-corrected chi connectivity index (χ1v) is 8.17. The van der Waals surface area contributed by atoms with Gasteiger partial charge < -0.3 is 10.1 Å². The van der Waals surface area contributed by atoms with Gasteiger partial charge >= 0.3 is 12.0 Å². The van der Waals surface area contributed by atoms with E-state index >= 15 is 0 Å². The van der Waals surface area contributed by atoms with Crippen molar-refractivity contribution < 1.29 is 19.1 Å². The Balaban J connectivity index is 2.55. The molecule has 2 N–H and O–H groups in total. The number of nitrogens with one attached hydrogen (secondary N) is 2. The maximum Gasteiger partial charge on any atom is 0.321 e. The number of amides is 3. The van der Waals surface area contributed by atoms with Gasteiger partial charge in [-0.15, -0.1) is 0 Å². The lowest BCUT2D eigenvalue weighted by atomic mass is 9.97. The highest BCUT2D eigenvalue weighted by Gasteiger charge is 2.32. The van der Waals surface area contributed by atoms with Gasteiger partial charge in [0.15, 0.2) is 0 Å². The van der Waals surface area contributed by atoms with E-state index in [2.05, 4.69) is 10.6 Å². The third-order valence-electron chi connectivity index (χ3n) is 3.73. The maximum atomic E-state index is 12.2. The number of nitrogens with zero attached hydrogens (tertiary/aromatic N) is 1. The van der Waals surface area contributed by atoms with Crippen LogP contribution in [0.5, 0.6) is 0 Å². The van der Waals surface area contributed by atoms with Gasteiger partial charge in [0.25, 0.3) is 0 Å². The van der Waals surface area contributed by atoms with Gasteiger partial charge in [-0.2, -0.15) is 0 Å². The third-order valence-corrected chi connectivity index (χ3v) is 3.73. The van der Waals surface area contributed by atoms with Gasteiger partial charge in [0.05, 0.1) is 18.6 Å². The highest BCUT2D eigenvalue weighted by Crippen LogP contribution is 2.20. The highest BCUT2D eigenvalue weighted by molar-refractivity contribution is 5.97. The first-order valence-electron chi connectivity index (χ1n) is 8.17. The monoisotopic (exact) mass is 327 g/mol. The van der Waals surface area contributed by atoms with Crippen LogP contribution in [0, 0.1) is 5.92 Å². The Morgan fingerprint density at radius 3 is 2.52 bits per heavy atom. The lowest BCUT2D eigenvalue weighted by Crippen LogP contribution is -2.55. The fourth-order valence-electron chi connectivity index (χ4n) is 2.56. The summed E-state index contributed by atoms with van der Waals surface area (Å²) in [4.78, 5) is 37.8. The molecule has 2 atom stereocenters. The van der Waals surface area contributed by atoms with E-state index in [4.69, 9.17) is 4.74 Å². The predicted molar refractivity (Wildman–Crippen MR) is 86.8 cm³/mol. The van der Waals surface area contributed by atoms with Crippen molar-refractivity contribution in [3.8, 4) is 0 Å². The van der Waals surface area contributed by atoms with Crippen LogP contribution in [-0.4, -0.2) is 54.1 Å². The molecule has 0 spiro atoms. The molecule has 0 radical (unpaired) electrons. The molecule has 3 amide bonds. The summed E-state index contributed by atoms with van der Waals surface area (Å²) in [7, 11) is 0. The van der Waals surface area contributed by atoms with Crippen molar-refractivity contribution in [3.05, 3.63) is 0 Å². The van der Waals surface area contributed by atoms with E-state index in [1.165, 1.54) is 0 Å². The minimum Gasteiger partial charge on any atom is -0.466 e. The Morgan fingerprint density at radius 1 is 1.30 bits per heavy atom. The number of urea groups is 1. The number of esters is 1. The Morgan fingerprint density at radius 2 is 1.96 bits per heavy atom. The second-order valence-electron chi connectivity index (χ2n) is 6.96. The average molecular weight is 327 g/mol. The number of carbonyl (C=O) groups excluding carboxylic acids is 3. The van der Waals surface area contributed by atoms with Crippen LogP contribution in [0.25, 0.3) is 0 Å². The molecule has 2 unspecified atom stereocenters. The molecule has 1 fully saturated rings.